The fourth-order valence-corrected chi connectivity index (χ4v) is 2.65. The third-order valence-electron chi connectivity index (χ3n) is 3.96. The molecule has 0 aliphatic heterocycles. The van der Waals surface area contributed by atoms with Crippen molar-refractivity contribution in [2.24, 2.45) is 0 Å². The lowest BCUT2D eigenvalue weighted by Gasteiger charge is -2.11. The van der Waals surface area contributed by atoms with Gasteiger partial charge in [0, 0.05) is 29.8 Å². The number of nitrogens with one attached hydrogen (secondary N) is 2. The number of aromatic amines is 1. The summed E-state index contributed by atoms with van der Waals surface area (Å²) in [6.07, 6.45) is 1.43. The van der Waals surface area contributed by atoms with Gasteiger partial charge in [-0.2, -0.15) is 5.10 Å². The van der Waals surface area contributed by atoms with Crippen molar-refractivity contribution in [2.75, 3.05) is 6.61 Å². The van der Waals surface area contributed by atoms with Gasteiger partial charge in [0.05, 0.1) is 29.0 Å². The Morgan fingerprint density at radius 3 is 2.67 bits per heavy atom. The van der Waals surface area contributed by atoms with Crippen LogP contribution in [-0.4, -0.2) is 27.6 Å². The van der Waals surface area contributed by atoms with E-state index < -0.39 is 4.92 Å². The van der Waals surface area contributed by atoms with E-state index in [1.807, 2.05) is 31.2 Å². The summed E-state index contributed by atoms with van der Waals surface area (Å²) in [7, 11) is 0. The molecular weight excluding hydrogens is 348 g/mol. The van der Waals surface area contributed by atoms with Gasteiger partial charge in [0.2, 0.25) is 0 Å². The first kappa shape index (κ1) is 18.1. The molecule has 1 heterocycles. The van der Waals surface area contributed by atoms with Crippen molar-refractivity contribution < 1.29 is 14.5 Å². The van der Waals surface area contributed by atoms with E-state index in [0.717, 1.165) is 11.3 Å². The van der Waals surface area contributed by atoms with Gasteiger partial charge in [-0.05, 0) is 25.1 Å². The van der Waals surface area contributed by atoms with Gasteiger partial charge in [0.1, 0.15) is 5.75 Å². The molecule has 0 spiro atoms. The second-order valence-corrected chi connectivity index (χ2v) is 5.69. The summed E-state index contributed by atoms with van der Waals surface area (Å²) in [4.78, 5) is 22.9. The number of hydrogen-bond acceptors (Lipinski definition) is 5. The van der Waals surface area contributed by atoms with Gasteiger partial charge in [-0.3, -0.25) is 20.0 Å². The highest BCUT2D eigenvalue weighted by molar-refractivity contribution is 5.99. The van der Waals surface area contributed by atoms with Gasteiger partial charge in [-0.25, -0.2) is 0 Å². The molecule has 0 aliphatic rings. The van der Waals surface area contributed by atoms with Crippen LogP contribution < -0.4 is 10.1 Å². The van der Waals surface area contributed by atoms with Crippen LogP contribution in [0.3, 0.4) is 0 Å². The van der Waals surface area contributed by atoms with Crippen LogP contribution >= 0.6 is 0 Å². The number of benzene rings is 2. The Balaban J connectivity index is 1.75. The molecule has 138 valence electrons. The van der Waals surface area contributed by atoms with Crippen molar-refractivity contribution in [3.63, 3.8) is 0 Å². The van der Waals surface area contributed by atoms with E-state index in [1.165, 1.54) is 18.3 Å². The van der Waals surface area contributed by atoms with Gasteiger partial charge in [-0.1, -0.05) is 18.2 Å². The lowest BCUT2D eigenvalue weighted by molar-refractivity contribution is -0.384. The molecule has 1 aromatic heterocycles. The summed E-state index contributed by atoms with van der Waals surface area (Å²) in [6.45, 7) is 2.74. The SMILES string of the molecule is CCOc1ccccc1CNC(=O)c1cn[nH]c1-c1ccc([N+](=O)[O-])cc1. The Labute approximate surface area is 155 Å². The monoisotopic (exact) mass is 366 g/mol. The minimum Gasteiger partial charge on any atom is -0.494 e. The molecule has 2 aromatic carbocycles. The molecule has 0 atom stereocenters. The quantitative estimate of drug-likeness (QED) is 0.492. The van der Waals surface area contributed by atoms with Crippen LogP contribution in [0.4, 0.5) is 5.69 Å². The highest BCUT2D eigenvalue weighted by Crippen LogP contribution is 2.24. The number of carbonyl (C=O) groups excluding carboxylic acids is 1. The number of H-pyrrole nitrogens is 1. The van der Waals surface area contributed by atoms with Gasteiger partial charge in [0.15, 0.2) is 0 Å². The number of nitro benzene ring substituents is 1. The summed E-state index contributed by atoms with van der Waals surface area (Å²) in [5.74, 6) is 0.423. The van der Waals surface area contributed by atoms with Crippen LogP contribution in [0.1, 0.15) is 22.8 Å². The van der Waals surface area contributed by atoms with Crippen molar-refractivity contribution in [1.82, 2.24) is 15.5 Å². The Kier molecular flexibility index (Phi) is 5.46. The number of hydrogen-bond donors (Lipinski definition) is 2. The largest absolute Gasteiger partial charge is 0.494 e. The number of para-hydroxylation sites is 1. The molecule has 0 radical (unpaired) electrons. The van der Waals surface area contributed by atoms with Gasteiger partial charge in [0.25, 0.3) is 11.6 Å². The van der Waals surface area contributed by atoms with E-state index in [9.17, 15) is 14.9 Å². The highest BCUT2D eigenvalue weighted by atomic mass is 16.6. The van der Waals surface area contributed by atoms with Crippen LogP contribution in [0.25, 0.3) is 11.3 Å². The number of non-ortho nitro benzene ring substituents is 1. The molecule has 1 amide bonds. The van der Waals surface area contributed by atoms with Crippen molar-refractivity contribution >= 4 is 11.6 Å². The van der Waals surface area contributed by atoms with Crippen molar-refractivity contribution in [3.05, 3.63) is 76.0 Å². The molecule has 0 unspecified atom stereocenters. The van der Waals surface area contributed by atoms with Crippen molar-refractivity contribution in [2.45, 2.75) is 13.5 Å². The Morgan fingerprint density at radius 2 is 1.96 bits per heavy atom. The van der Waals surface area contributed by atoms with Crippen LogP contribution in [0.15, 0.2) is 54.7 Å². The number of aromatic nitrogens is 2. The van der Waals surface area contributed by atoms with E-state index >= 15 is 0 Å². The first-order valence-corrected chi connectivity index (χ1v) is 8.37. The summed E-state index contributed by atoms with van der Waals surface area (Å²) in [6, 6.07) is 13.4. The predicted molar refractivity (Wildman–Crippen MR) is 99.5 cm³/mol. The molecule has 27 heavy (non-hydrogen) atoms. The van der Waals surface area contributed by atoms with Crippen LogP contribution in [0.2, 0.25) is 0 Å². The van der Waals surface area contributed by atoms with Crippen LogP contribution in [0, 0.1) is 10.1 Å². The lowest BCUT2D eigenvalue weighted by Crippen LogP contribution is -2.23. The normalized spacial score (nSPS) is 10.4. The minimum atomic E-state index is -0.472. The molecule has 0 aliphatic carbocycles. The molecule has 0 bridgehead atoms. The first-order valence-electron chi connectivity index (χ1n) is 8.37. The maximum absolute atomic E-state index is 12.6. The Morgan fingerprint density at radius 1 is 1.22 bits per heavy atom. The molecule has 8 heteroatoms. The molecule has 0 fully saturated rings. The molecule has 0 saturated carbocycles. The number of nitro groups is 1. The molecule has 3 aromatic rings. The molecular formula is C19H18N4O4. The van der Waals surface area contributed by atoms with E-state index in [-0.39, 0.29) is 11.6 Å². The average molecular weight is 366 g/mol. The van der Waals surface area contributed by atoms with Crippen molar-refractivity contribution in [1.29, 1.82) is 0 Å². The van der Waals surface area contributed by atoms with Crippen LogP contribution in [0.5, 0.6) is 5.75 Å². The first-order chi connectivity index (χ1) is 13.1. The lowest BCUT2D eigenvalue weighted by atomic mass is 10.1. The van der Waals surface area contributed by atoms with E-state index in [4.69, 9.17) is 4.74 Å². The van der Waals surface area contributed by atoms with Crippen molar-refractivity contribution in [3.8, 4) is 17.0 Å². The van der Waals surface area contributed by atoms with Gasteiger partial charge < -0.3 is 10.1 Å². The number of rotatable bonds is 7. The van der Waals surface area contributed by atoms with E-state index in [2.05, 4.69) is 15.5 Å². The Bertz CT molecular complexity index is 950. The third-order valence-corrected chi connectivity index (χ3v) is 3.96. The highest BCUT2D eigenvalue weighted by Gasteiger charge is 2.16. The number of nitrogens with zero attached hydrogens (tertiary/aromatic N) is 2. The predicted octanol–water partition coefficient (Wildman–Crippen LogP) is 3.31. The second kappa shape index (κ2) is 8.13. The zero-order valence-electron chi connectivity index (χ0n) is 14.6. The molecule has 3 rings (SSSR count). The Hall–Kier alpha value is -3.68. The number of ether oxygens (including phenoxy) is 1. The van der Waals surface area contributed by atoms with Gasteiger partial charge in [-0.15, -0.1) is 0 Å². The fourth-order valence-electron chi connectivity index (χ4n) is 2.65. The summed E-state index contributed by atoms with van der Waals surface area (Å²) >= 11 is 0. The summed E-state index contributed by atoms with van der Waals surface area (Å²) in [5.41, 5.74) is 2.35. The molecule has 0 saturated heterocycles. The maximum atomic E-state index is 12.6. The van der Waals surface area contributed by atoms with E-state index in [0.29, 0.717) is 30.0 Å². The summed E-state index contributed by atoms with van der Waals surface area (Å²) < 4.78 is 5.56. The zero-order valence-corrected chi connectivity index (χ0v) is 14.6. The van der Waals surface area contributed by atoms with E-state index in [1.54, 1.807) is 12.1 Å². The average Bonchev–Trinajstić information content (AvgIpc) is 3.17. The van der Waals surface area contributed by atoms with Crippen LogP contribution in [-0.2, 0) is 6.54 Å². The molecule has 2 N–H and O–H groups in total. The number of amides is 1. The second-order valence-electron chi connectivity index (χ2n) is 5.69. The topological polar surface area (TPSA) is 110 Å². The van der Waals surface area contributed by atoms with Gasteiger partial charge >= 0.3 is 0 Å². The smallest absolute Gasteiger partial charge is 0.269 e. The minimum absolute atomic E-state index is 0.0169. The third kappa shape index (κ3) is 4.12. The maximum Gasteiger partial charge on any atom is 0.269 e. The molecule has 8 nitrogen and oxygen atoms in total. The summed E-state index contributed by atoms with van der Waals surface area (Å²) in [5, 5.41) is 20.3. The number of carbonyl (C=O) groups is 1. The standard InChI is InChI=1S/C19H18N4O4/c1-2-27-17-6-4-3-5-14(17)11-20-19(24)16-12-21-22-18(16)13-7-9-15(10-8-13)23(25)26/h3-10,12H,2,11H2,1H3,(H,20,24)(H,21,22). The fraction of sp³-hybridized carbons (Fsp3) is 0.158. The zero-order chi connectivity index (χ0) is 19.2.